The molecule has 0 spiro atoms. The number of para-hydroxylation sites is 2. The van der Waals surface area contributed by atoms with Gasteiger partial charge in [0.15, 0.2) is 0 Å². The van der Waals surface area contributed by atoms with E-state index in [2.05, 4.69) is 5.32 Å². The minimum Gasteiger partial charge on any atom is -0.491 e. The van der Waals surface area contributed by atoms with Gasteiger partial charge in [-0.05, 0) is 31.4 Å². The lowest BCUT2D eigenvalue weighted by atomic mass is 10.1. The molecule has 0 bridgehead atoms. The highest BCUT2D eigenvalue weighted by molar-refractivity contribution is 5.92. The zero-order chi connectivity index (χ0) is 20.6. The van der Waals surface area contributed by atoms with Gasteiger partial charge < -0.3 is 20.3 Å². The molecule has 0 atom stereocenters. The zero-order valence-corrected chi connectivity index (χ0v) is 16.3. The van der Waals surface area contributed by atoms with E-state index in [0.717, 1.165) is 44.9 Å². The molecule has 0 saturated heterocycles. The third-order valence-corrected chi connectivity index (χ3v) is 4.25. The Kier molecular flexibility index (Phi) is 12.1. The topological polar surface area (TPSA) is 113 Å². The van der Waals surface area contributed by atoms with Gasteiger partial charge in [-0.2, -0.15) is 0 Å². The normalized spacial score (nSPS) is 10.4. The monoisotopic (exact) mass is 393 g/mol. The first-order valence-corrected chi connectivity index (χ1v) is 9.94. The second kappa shape index (κ2) is 14.5. The first kappa shape index (κ1) is 23.5. The Morgan fingerprint density at radius 3 is 1.93 bits per heavy atom. The fourth-order valence-electron chi connectivity index (χ4n) is 2.76. The molecule has 0 aliphatic carbocycles. The van der Waals surface area contributed by atoms with Gasteiger partial charge in [-0.25, -0.2) is 0 Å². The second-order valence-electron chi connectivity index (χ2n) is 6.76. The molecule has 0 unspecified atom stereocenters. The van der Waals surface area contributed by atoms with Crippen LogP contribution in [0.1, 0.15) is 70.6 Å². The molecule has 7 nitrogen and oxygen atoms in total. The Bertz CT molecular complexity index is 617. The third kappa shape index (κ3) is 11.9. The SMILES string of the molecule is O=C(O)CCCCCCCCCC(=O)Nc1ccccc1OCCCC(=O)O. The number of aliphatic carboxylic acids is 2. The fourth-order valence-corrected chi connectivity index (χ4v) is 2.76. The van der Waals surface area contributed by atoms with Crippen LogP contribution in [0.4, 0.5) is 5.69 Å². The number of hydrogen-bond acceptors (Lipinski definition) is 4. The summed E-state index contributed by atoms with van der Waals surface area (Å²) in [6, 6.07) is 7.13. The van der Waals surface area contributed by atoms with Gasteiger partial charge in [-0.1, -0.05) is 44.2 Å². The van der Waals surface area contributed by atoms with Gasteiger partial charge in [0.05, 0.1) is 12.3 Å². The Morgan fingerprint density at radius 2 is 1.29 bits per heavy atom. The molecule has 1 aromatic rings. The number of carboxylic acids is 2. The maximum atomic E-state index is 12.1. The van der Waals surface area contributed by atoms with Gasteiger partial charge in [0.1, 0.15) is 5.75 Å². The Morgan fingerprint density at radius 1 is 0.750 bits per heavy atom. The number of ether oxygens (including phenoxy) is 1. The maximum Gasteiger partial charge on any atom is 0.303 e. The lowest BCUT2D eigenvalue weighted by Gasteiger charge is -2.12. The summed E-state index contributed by atoms with van der Waals surface area (Å²) in [5.41, 5.74) is 0.598. The number of carboxylic acid groups (broad SMARTS) is 2. The summed E-state index contributed by atoms with van der Waals surface area (Å²) in [4.78, 5) is 33.1. The number of amides is 1. The summed E-state index contributed by atoms with van der Waals surface area (Å²) in [6.45, 7) is 0.283. The fraction of sp³-hybridized carbons (Fsp3) is 0.571. The summed E-state index contributed by atoms with van der Waals surface area (Å²) < 4.78 is 5.58. The first-order valence-electron chi connectivity index (χ1n) is 9.94. The van der Waals surface area contributed by atoms with Crippen LogP contribution in [0.25, 0.3) is 0 Å². The Labute approximate surface area is 166 Å². The molecule has 0 aliphatic rings. The number of carbonyl (C=O) groups is 3. The van der Waals surface area contributed by atoms with Crippen molar-refractivity contribution in [1.82, 2.24) is 0 Å². The molecule has 0 fully saturated rings. The van der Waals surface area contributed by atoms with Crippen molar-refractivity contribution >= 4 is 23.5 Å². The summed E-state index contributed by atoms with van der Waals surface area (Å²) >= 11 is 0. The zero-order valence-electron chi connectivity index (χ0n) is 16.3. The average molecular weight is 393 g/mol. The van der Waals surface area contributed by atoms with E-state index in [4.69, 9.17) is 14.9 Å². The predicted molar refractivity (Wildman–Crippen MR) is 107 cm³/mol. The van der Waals surface area contributed by atoms with Crippen LogP contribution in [0.5, 0.6) is 5.75 Å². The van der Waals surface area contributed by atoms with Gasteiger partial charge in [0, 0.05) is 19.3 Å². The van der Waals surface area contributed by atoms with E-state index >= 15 is 0 Å². The van der Waals surface area contributed by atoms with Crippen LogP contribution in [-0.4, -0.2) is 34.7 Å². The number of carbonyl (C=O) groups excluding carboxylic acids is 1. The maximum absolute atomic E-state index is 12.1. The minimum atomic E-state index is -0.856. The van der Waals surface area contributed by atoms with Crippen molar-refractivity contribution in [3.63, 3.8) is 0 Å². The lowest BCUT2D eigenvalue weighted by Crippen LogP contribution is -2.12. The molecule has 1 aromatic carbocycles. The van der Waals surface area contributed by atoms with Gasteiger partial charge in [-0.3, -0.25) is 14.4 Å². The van der Waals surface area contributed by atoms with Crippen molar-refractivity contribution in [1.29, 1.82) is 0 Å². The molecule has 1 rings (SSSR count). The van der Waals surface area contributed by atoms with E-state index < -0.39 is 11.9 Å². The molecule has 28 heavy (non-hydrogen) atoms. The van der Waals surface area contributed by atoms with Crippen molar-refractivity contribution in [2.45, 2.75) is 70.6 Å². The van der Waals surface area contributed by atoms with Crippen LogP contribution in [0.15, 0.2) is 24.3 Å². The van der Waals surface area contributed by atoms with Crippen LogP contribution < -0.4 is 10.1 Å². The number of benzene rings is 1. The Hall–Kier alpha value is -2.57. The largest absolute Gasteiger partial charge is 0.491 e. The number of rotatable bonds is 16. The van der Waals surface area contributed by atoms with E-state index in [9.17, 15) is 14.4 Å². The molecule has 0 aromatic heterocycles. The summed E-state index contributed by atoms with van der Waals surface area (Å²) in [6.07, 6.45) is 7.73. The molecular weight excluding hydrogens is 362 g/mol. The van der Waals surface area contributed by atoms with Gasteiger partial charge in [0.25, 0.3) is 0 Å². The average Bonchev–Trinajstić information content (AvgIpc) is 2.64. The number of nitrogens with one attached hydrogen (secondary N) is 1. The smallest absolute Gasteiger partial charge is 0.303 e. The van der Waals surface area contributed by atoms with Crippen LogP contribution in [0.3, 0.4) is 0 Å². The number of anilines is 1. The van der Waals surface area contributed by atoms with E-state index in [1.165, 1.54) is 0 Å². The highest BCUT2D eigenvalue weighted by atomic mass is 16.5. The van der Waals surface area contributed by atoms with Crippen LogP contribution in [0, 0.1) is 0 Å². The van der Waals surface area contributed by atoms with Gasteiger partial charge in [0.2, 0.25) is 5.91 Å². The molecule has 156 valence electrons. The molecule has 3 N–H and O–H groups in total. The molecular formula is C21H31NO6. The van der Waals surface area contributed by atoms with E-state index in [-0.39, 0.29) is 25.4 Å². The van der Waals surface area contributed by atoms with Gasteiger partial charge in [-0.15, -0.1) is 0 Å². The van der Waals surface area contributed by atoms with E-state index in [0.29, 0.717) is 24.3 Å². The van der Waals surface area contributed by atoms with Gasteiger partial charge >= 0.3 is 11.9 Å². The van der Waals surface area contributed by atoms with Crippen molar-refractivity contribution in [3.8, 4) is 5.75 Å². The predicted octanol–water partition coefficient (Wildman–Crippen LogP) is 4.46. The van der Waals surface area contributed by atoms with Crippen LogP contribution in [0.2, 0.25) is 0 Å². The third-order valence-electron chi connectivity index (χ3n) is 4.25. The molecule has 0 radical (unpaired) electrons. The molecule has 0 heterocycles. The molecule has 1 amide bonds. The highest BCUT2D eigenvalue weighted by Gasteiger charge is 2.08. The summed E-state index contributed by atoms with van der Waals surface area (Å²) in [7, 11) is 0. The number of unbranched alkanes of at least 4 members (excludes halogenated alkanes) is 6. The van der Waals surface area contributed by atoms with Crippen molar-refractivity contribution < 1.29 is 29.3 Å². The molecule has 0 aliphatic heterocycles. The highest BCUT2D eigenvalue weighted by Crippen LogP contribution is 2.24. The van der Waals surface area contributed by atoms with E-state index in [1.54, 1.807) is 18.2 Å². The van der Waals surface area contributed by atoms with Crippen LogP contribution in [-0.2, 0) is 14.4 Å². The van der Waals surface area contributed by atoms with Crippen molar-refractivity contribution in [2.24, 2.45) is 0 Å². The quantitative estimate of drug-likeness (QED) is 0.357. The Balaban J connectivity index is 2.18. The lowest BCUT2D eigenvalue weighted by molar-refractivity contribution is -0.138. The van der Waals surface area contributed by atoms with Crippen molar-refractivity contribution in [3.05, 3.63) is 24.3 Å². The minimum absolute atomic E-state index is 0.0497. The number of hydrogen-bond donors (Lipinski definition) is 3. The first-order chi connectivity index (χ1) is 13.5. The second-order valence-corrected chi connectivity index (χ2v) is 6.76. The van der Waals surface area contributed by atoms with Crippen molar-refractivity contribution in [2.75, 3.05) is 11.9 Å². The summed E-state index contributed by atoms with van der Waals surface area (Å²) in [5.74, 6) is -1.12. The van der Waals surface area contributed by atoms with Crippen LogP contribution >= 0.6 is 0 Å². The molecule has 7 heteroatoms. The molecule has 0 saturated carbocycles. The summed E-state index contributed by atoms with van der Waals surface area (Å²) in [5, 5.41) is 20.1. The standard InChI is InChI=1S/C21H31NO6/c23-19(13-6-4-2-1-3-5-7-14-20(24)25)22-17-11-8-9-12-18(17)28-16-10-15-21(26)27/h8-9,11-12H,1-7,10,13-16H2,(H,22,23)(H,24,25)(H,26,27). The van der Waals surface area contributed by atoms with E-state index in [1.807, 2.05) is 6.07 Å².